The highest BCUT2D eigenvalue weighted by Crippen LogP contribution is 2.39. The Kier molecular flexibility index (Phi) is 3.76. The van der Waals surface area contributed by atoms with Crippen LogP contribution in [0.1, 0.15) is 22.1 Å². The Morgan fingerprint density at radius 1 is 0.654 bits per heavy atom. The van der Waals surface area contributed by atoms with Crippen molar-refractivity contribution in [3.8, 4) is 0 Å². The first kappa shape index (κ1) is 15.3. The van der Waals surface area contributed by atoms with Crippen molar-refractivity contribution in [2.75, 3.05) is 0 Å². The van der Waals surface area contributed by atoms with Gasteiger partial charge in [-0.3, -0.25) is 0 Å². The molecule has 0 spiro atoms. The molecule has 2 heteroatoms. The highest BCUT2D eigenvalue weighted by Gasteiger charge is 2.22. The van der Waals surface area contributed by atoms with Gasteiger partial charge in [0, 0.05) is 0 Å². The summed E-state index contributed by atoms with van der Waals surface area (Å²) >= 11 is 1.79. The van der Waals surface area contributed by atoms with Crippen LogP contribution >= 0.6 is 11.3 Å². The summed E-state index contributed by atoms with van der Waals surface area (Å²) in [5, 5.41) is 3.71. The molecule has 1 aromatic heterocycles. The third-order valence-corrected chi connectivity index (χ3v) is 5.93. The fraction of sp³-hybridized carbons (Fsp3) is 0.0417. The van der Waals surface area contributed by atoms with Crippen LogP contribution < -0.4 is 0 Å². The molecule has 0 saturated heterocycles. The molecule has 0 radical (unpaired) electrons. The second-order valence-corrected chi connectivity index (χ2v) is 7.49. The lowest BCUT2D eigenvalue weighted by Crippen LogP contribution is -2.03. The van der Waals surface area contributed by atoms with Crippen molar-refractivity contribution in [2.24, 2.45) is 0 Å². The molecule has 5 rings (SSSR count). The number of nitrogens with zero attached hydrogens (tertiary/aromatic N) is 1. The minimum absolute atomic E-state index is 0.139. The van der Waals surface area contributed by atoms with E-state index in [1.165, 1.54) is 26.6 Å². The Morgan fingerprint density at radius 3 is 2.27 bits per heavy atom. The summed E-state index contributed by atoms with van der Waals surface area (Å²) in [4.78, 5) is 4.99. The van der Waals surface area contributed by atoms with E-state index in [4.69, 9.17) is 4.98 Å². The van der Waals surface area contributed by atoms with Gasteiger partial charge in [0.15, 0.2) is 0 Å². The second kappa shape index (κ2) is 6.40. The Hall–Kier alpha value is -2.97. The Morgan fingerprint density at radius 2 is 1.38 bits per heavy atom. The molecule has 0 aliphatic rings. The van der Waals surface area contributed by atoms with E-state index in [2.05, 4.69) is 97.1 Å². The third kappa shape index (κ3) is 2.59. The quantitative estimate of drug-likeness (QED) is 0.355. The van der Waals surface area contributed by atoms with Gasteiger partial charge in [0.05, 0.1) is 16.1 Å². The van der Waals surface area contributed by atoms with Gasteiger partial charge in [-0.1, -0.05) is 84.9 Å². The summed E-state index contributed by atoms with van der Waals surface area (Å²) < 4.78 is 1.24. The van der Waals surface area contributed by atoms with Gasteiger partial charge in [-0.05, 0) is 34.0 Å². The number of fused-ring (bicyclic) bond motifs is 2. The van der Waals surface area contributed by atoms with E-state index in [0.717, 1.165) is 10.5 Å². The van der Waals surface area contributed by atoms with Gasteiger partial charge in [-0.2, -0.15) is 0 Å². The van der Waals surface area contributed by atoms with Crippen molar-refractivity contribution in [3.05, 3.63) is 113 Å². The number of rotatable bonds is 3. The van der Waals surface area contributed by atoms with E-state index in [1.807, 2.05) is 0 Å². The van der Waals surface area contributed by atoms with Crippen LogP contribution in [-0.4, -0.2) is 4.98 Å². The summed E-state index contributed by atoms with van der Waals surface area (Å²) in [6.45, 7) is 0. The van der Waals surface area contributed by atoms with Crippen LogP contribution in [0.4, 0.5) is 0 Å². The lowest BCUT2D eigenvalue weighted by molar-refractivity contribution is 0.973. The molecule has 0 saturated carbocycles. The van der Waals surface area contributed by atoms with Crippen LogP contribution in [0.5, 0.6) is 0 Å². The Balaban J connectivity index is 1.79. The van der Waals surface area contributed by atoms with Crippen molar-refractivity contribution < 1.29 is 0 Å². The molecule has 5 aromatic rings. The molecule has 124 valence electrons. The van der Waals surface area contributed by atoms with Gasteiger partial charge in [0.25, 0.3) is 0 Å². The molecule has 0 N–H and O–H groups in total. The van der Waals surface area contributed by atoms with E-state index in [-0.39, 0.29) is 5.92 Å². The van der Waals surface area contributed by atoms with Crippen LogP contribution in [0.25, 0.3) is 21.0 Å². The molecule has 1 atom stereocenters. The number of thiazole rings is 1. The van der Waals surface area contributed by atoms with E-state index in [9.17, 15) is 0 Å². The summed E-state index contributed by atoms with van der Waals surface area (Å²) in [5.74, 6) is 0.139. The first-order valence-corrected chi connectivity index (χ1v) is 9.60. The van der Waals surface area contributed by atoms with Crippen molar-refractivity contribution in [1.82, 2.24) is 4.98 Å². The van der Waals surface area contributed by atoms with Gasteiger partial charge in [-0.15, -0.1) is 11.3 Å². The molecule has 1 nitrogen and oxygen atoms in total. The number of aromatic nitrogens is 1. The van der Waals surface area contributed by atoms with Crippen molar-refractivity contribution in [2.45, 2.75) is 5.92 Å². The molecule has 4 aromatic carbocycles. The van der Waals surface area contributed by atoms with Crippen LogP contribution in [-0.2, 0) is 0 Å². The maximum Gasteiger partial charge on any atom is 0.106 e. The topological polar surface area (TPSA) is 12.9 Å². The average molecular weight is 351 g/mol. The predicted molar refractivity (Wildman–Crippen MR) is 111 cm³/mol. The standard InChI is InChI=1S/C24H17NS/c1-2-10-18(11-3-1)23(24-25-21-15-6-7-16-22(21)26-24)20-14-8-12-17-9-4-5-13-19(17)20/h1-16,23H. The van der Waals surface area contributed by atoms with Crippen LogP contribution in [0, 0.1) is 0 Å². The monoisotopic (exact) mass is 351 g/mol. The molecule has 0 bridgehead atoms. The molecule has 0 fully saturated rings. The zero-order valence-corrected chi connectivity index (χ0v) is 15.0. The molecular weight excluding hydrogens is 334 g/mol. The molecular formula is C24H17NS. The number of benzene rings is 4. The predicted octanol–water partition coefficient (Wildman–Crippen LogP) is 6.63. The first-order valence-electron chi connectivity index (χ1n) is 8.78. The van der Waals surface area contributed by atoms with Gasteiger partial charge >= 0.3 is 0 Å². The molecule has 26 heavy (non-hydrogen) atoms. The van der Waals surface area contributed by atoms with Gasteiger partial charge in [0.1, 0.15) is 5.01 Å². The molecule has 0 aliphatic carbocycles. The van der Waals surface area contributed by atoms with Crippen molar-refractivity contribution in [3.63, 3.8) is 0 Å². The van der Waals surface area contributed by atoms with Gasteiger partial charge in [-0.25, -0.2) is 4.98 Å². The van der Waals surface area contributed by atoms with Gasteiger partial charge in [0.2, 0.25) is 0 Å². The zero-order valence-electron chi connectivity index (χ0n) is 14.2. The number of hydrogen-bond donors (Lipinski definition) is 0. The first-order chi connectivity index (χ1) is 12.9. The fourth-order valence-corrected chi connectivity index (χ4v) is 4.73. The second-order valence-electron chi connectivity index (χ2n) is 6.43. The smallest absolute Gasteiger partial charge is 0.106 e. The Labute approximate surface area is 156 Å². The summed E-state index contributed by atoms with van der Waals surface area (Å²) in [7, 11) is 0. The maximum absolute atomic E-state index is 4.99. The summed E-state index contributed by atoms with van der Waals surface area (Å²) in [5.41, 5.74) is 3.67. The SMILES string of the molecule is c1ccc(C(c2nc3ccccc3s2)c2cccc3ccccc23)cc1. The highest BCUT2D eigenvalue weighted by molar-refractivity contribution is 7.18. The van der Waals surface area contributed by atoms with Crippen molar-refractivity contribution >= 4 is 32.3 Å². The van der Waals surface area contributed by atoms with Gasteiger partial charge < -0.3 is 0 Å². The molecule has 0 amide bonds. The fourth-order valence-electron chi connectivity index (χ4n) is 3.62. The summed E-state index contributed by atoms with van der Waals surface area (Å²) in [6, 6.07) is 34.3. The van der Waals surface area contributed by atoms with Crippen LogP contribution in [0.2, 0.25) is 0 Å². The highest BCUT2D eigenvalue weighted by atomic mass is 32.1. The average Bonchev–Trinajstić information content (AvgIpc) is 3.13. The van der Waals surface area contributed by atoms with Crippen LogP contribution in [0.15, 0.2) is 97.1 Å². The molecule has 0 aliphatic heterocycles. The molecule has 1 heterocycles. The number of para-hydroxylation sites is 1. The van der Waals surface area contributed by atoms with Crippen molar-refractivity contribution in [1.29, 1.82) is 0 Å². The van der Waals surface area contributed by atoms with E-state index in [1.54, 1.807) is 11.3 Å². The maximum atomic E-state index is 4.99. The van der Waals surface area contributed by atoms with Crippen LogP contribution in [0.3, 0.4) is 0 Å². The largest absolute Gasteiger partial charge is 0.240 e. The molecule has 1 unspecified atom stereocenters. The normalized spacial score (nSPS) is 12.5. The minimum atomic E-state index is 0.139. The number of hydrogen-bond acceptors (Lipinski definition) is 2. The van der Waals surface area contributed by atoms with E-state index in [0.29, 0.717) is 0 Å². The summed E-state index contributed by atoms with van der Waals surface area (Å²) in [6.07, 6.45) is 0. The lowest BCUT2D eigenvalue weighted by atomic mass is 9.88. The van der Waals surface area contributed by atoms with E-state index < -0.39 is 0 Å². The lowest BCUT2D eigenvalue weighted by Gasteiger charge is -2.18. The minimum Gasteiger partial charge on any atom is -0.240 e. The zero-order chi connectivity index (χ0) is 17.3. The third-order valence-electron chi connectivity index (χ3n) is 4.82. The Bertz CT molecular complexity index is 1150. The van der Waals surface area contributed by atoms with E-state index >= 15 is 0 Å².